The third-order valence-electron chi connectivity index (χ3n) is 3.69. The van der Waals surface area contributed by atoms with Crippen molar-refractivity contribution in [2.75, 3.05) is 11.1 Å². The van der Waals surface area contributed by atoms with Crippen LogP contribution in [-0.2, 0) is 17.6 Å². The molecule has 0 saturated carbocycles. The van der Waals surface area contributed by atoms with Crippen LogP contribution in [0.15, 0.2) is 46.9 Å². The van der Waals surface area contributed by atoms with Gasteiger partial charge in [0.2, 0.25) is 5.91 Å². The van der Waals surface area contributed by atoms with E-state index >= 15 is 0 Å². The third-order valence-corrected chi connectivity index (χ3v) is 4.19. The number of nitrogen functional groups attached to an aromatic ring is 1. The first-order valence-electron chi connectivity index (χ1n) is 6.56. The summed E-state index contributed by atoms with van der Waals surface area (Å²) >= 11 is 3.36. The molecule has 3 N–H and O–H groups in total. The molecule has 0 fully saturated rings. The van der Waals surface area contributed by atoms with Crippen molar-refractivity contribution in [3.8, 4) is 0 Å². The molecule has 2 aromatic rings. The summed E-state index contributed by atoms with van der Waals surface area (Å²) in [6.45, 7) is 0. The maximum Gasteiger partial charge on any atom is 0.228 e. The number of fused-ring (bicyclic) bond motifs is 1. The molecule has 0 radical (unpaired) electrons. The first-order valence-corrected chi connectivity index (χ1v) is 7.35. The predicted molar refractivity (Wildman–Crippen MR) is 84.5 cm³/mol. The molecule has 3 rings (SSSR count). The van der Waals surface area contributed by atoms with E-state index in [1.807, 2.05) is 24.3 Å². The maximum atomic E-state index is 12.3. The molecule has 0 spiro atoms. The van der Waals surface area contributed by atoms with Crippen molar-refractivity contribution in [3.05, 3.63) is 58.1 Å². The van der Waals surface area contributed by atoms with Gasteiger partial charge in [0.25, 0.3) is 0 Å². The van der Waals surface area contributed by atoms with Gasteiger partial charge in [-0.05, 0) is 42.2 Å². The molecule has 0 atom stereocenters. The van der Waals surface area contributed by atoms with Crippen molar-refractivity contribution >= 4 is 33.2 Å². The van der Waals surface area contributed by atoms with Gasteiger partial charge in [0.05, 0.1) is 11.4 Å². The molecule has 102 valence electrons. The third kappa shape index (κ3) is 2.56. The highest BCUT2D eigenvalue weighted by atomic mass is 79.9. The number of nitrogens with two attached hydrogens (primary N) is 1. The van der Waals surface area contributed by atoms with Gasteiger partial charge < -0.3 is 11.1 Å². The molecular formula is C16H15BrN2O. The van der Waals surface area contributed by atoms with Gasteiger partial charge in [0, 0.05) is 10.4 Å². The Balaban J connectivity index is 1.72. The fourth-order valence-electron chi connectivity index (χ4n) is 2.63. The van der Waals surface area contributed by atoms with Crippen LogP contribution in [-0.4, -0.2) is 5.91 Å². The van der Waals surface area contributed by atoms with Crippen LogP contribution < -0.4 is 11.1 Å². The summed E-state index contributed by atoms with van der Waals surface area (Å²) in [6, 6.07) is 13.7. The van der Waals surface area contributed by atoms with Gasteiger partial charge in [-0.2, -0.15) is 0 Å². The summed E-state index contributed by atoms with van der Waals surface area (Å²) in [5.41, 5.74) is 9.70. The Bertz CT molecular complexity index is 644. The van der Waals surface area contributed by atoms with E-state index in [0.29, 0.717) is 11.4 Å². The van der Waals surface area contributed by atoms with Gasteiger partial charge in [-0.25, -0.2) is 0 Å². The van der Waals surface area contributed by atoms with E-state index in [1.165, 1.54) is 11.1 Å². The molecule has 20 heavy (non-hydrogen) atoms. The Kier molecular flexibility index (Phi) is 3.49. The average Bonchev–Trinajstić information content (AvgIpc) is 2.86. The van der Waals surface area contributed by atoms with Crippen LogP contribution >= 0.6 is 15.9 Å². The van der Waals surface area contributed by atoms with Gasteiger partial charge in [-0.1, -0.05) is 40.2 Å². The molecule has 3 nitrogen and oxygen atoms in total. The van der Waals surface area contributed by atoms with Gasteiger partial charge in [0.15, 0.2) is 0 Å². The number of hydrogen-bond donors (Lipinski definition) is 2. The van der Waals surface area contributed by atoms with Crippen LogP contribution in [0.25, 0.3) is 0 Å². The van der Waals surface area contributed by atoms with Crippen LogP contribution in [0, 0.1) is 5.92 Å². The second-order valence-electron chi connectivity index (χ2n) is 5.09. The summed E-state index contributed by atoms with van der Waals surface area (Å²) in [5.74, 6) is 0.0330. The number of rotatable bonds is 2. The molecule has 0 aromatic heterocycles. The largest absolute Gasteiger partial charge is 0.397 e. The molecule has 0 bridgehead atoms. The maximum absolute atomic E-state index is 12.3. The predicted octanol–water partition coefficient (Wildman–Crippen LogP) is 3.38. The molecule has 1 aliphatic rings. The van der Waals surface area contributed by atoms with Crippen molar-refractivity contribution < 1.29 is 4.79 Å². The van der Waals surface area contributed by atoms with Gasteiger partial charge in [-0.3, -0.25) is 4.79 Å². The SMILES string of the molecule is Nc1cc(Br)ccc1NC(=O)C1Cc2ccccc2C1. The molecule has 0 saturated heterocycles. The van der Waals surface area contributed by atoms with Crippen molar-refractivity contribution in [2.45, 2.75) is 12.8 Å². The van der Waals surface area contributed by atoms with E-state index in [9.17, 15) is 4.79 Å². The Morgan fingerprint density at radius 3 is 2.40 bits per heavy atom. The summed E-state index contributed by atoms with van der Waals surface area (Å²) in [4.78, 5) is 12.3. The quantitative estimate of drug-likeness (QED) is 0.829. The second-order valence-corrected chi connectivity index (χ2v) is 6.01. The highest BCUT2D eigenvalue weighted by Crippen LogP contribution is 2.29. The van der Waals surface area contributed by atoms with Gasteiger partial charge in [0.1, 0.15) is 0 Å². The zero-order chi connectivity index (χ0) is 14.1. The number of carbonyl (C=O) groups excluding carboxylic acids is 1. The lowest BCUT2D eigenvalue weighted by atomic mass is 10.1. The van der Waals surface area contributed by atoms with Crippen LogP contribution in [0.4, 0.5) is 11.4 Å². The summed E-state index contributed by atoms with van der Waals surface area (Å²) in [5, 5.41) is 2.93. The molecule has 0 aliphatic heterocycles. The normalized spacial score (nSPS) is 14.1. The van der Waals surface area contributed by atoms with E-state index < -0.39 is 0 Å². The van der Waals surface area contributed by atoms with E-state index in [4.69, 9.17) is 5.73 Å². The average molecular weight is 331 g/mol. The van der Waals surface area contributed by atoms with Crippen molar-refractivity contribution in [1.29, 1.82) is 0 Å². The molecular weight excluding hydrogens is 316 g/mol. The zero-order valence-electron chi connectivity index (χ0n) is 10.9. The number of nitrogens with one attached hydrogen (secondary N) is 1. The second kappa shape index (κ2) is 5.29. The Hall–Kier alpha value is -1.81. The summed E-state index contributed by atoms with van der Waals surface area (Å²) < 4.78 is 0.904. The highest BCUT2D eigenvalue weighted by molar-refractivity contribution is 9.10. The van der Waals surface area contributed by atoms with Gasteiger partial charge in [-0.15, -0.1) is 0 Å². The van der Waals surface area contributed by atoms with Gasteiger partial charge >= 0.3 is 0 Å². The standard InChI is InChI=1S/C16H15BrN2O/c17-13-5-6-15(14(18)9-13)19-16(20)12-7-10-3-1-2-4-11(10)8-12/h1-6,9,12H,7-8,18H2,(H,19,20). The fourth-order valence-corrected chi connectivity index (χ4v) is 3.01. The van der Waals surface area contributed by atoms with E-state index in [0.717, 1.165) is 17.3 Å². The smallest absolute Gasteiger partial charge is 0.228 e. The minimum Gasteiger partial charge on any atom is -0.397 e. The number of halogens is 1. The van der Waals surface area contributed by atoms with Crippen molar-refractivity contribution in [1.82, 2.24) is 0 Å². The number of hydrogen-bond acceptors (Lipinski definition) is 2. The van der Waals surface area contributed by atoms with Crippen molar-refractivity contribution in [3.63, 3.8) is 0 Å². The van der Waals surface area contributed by atoms with Crippen LogP contribution in [0.5, 0.6) is 0 Å². The van der Waals surface area contributed by atoms with E-state index in [1.54, 1.807) is 6.07 Å². The first-order chi connectivity index (χ1) is 9.63. The topological polar surface area (TPSA) is 55.1 Å². The Labute approximate surface area is 126 Å². The molecule has 4 heteroatoms. The van der Waals surface area contributed by atoms with Crippen LogP contribution in [0.1, 0.15) is 11.1 Å². The Morgan fingerprint density at radius 2 is 1.80 bits per heavy atom. The van der Waals surface area contributed by atoms with Crippen molar-refractivity contribution in [2.24, 2.45) is 5.92 Å². The van der Waals surface area contributed by atoms with Crippen LogP contribution in [0.2, 0.25) is 0 Å². The lowest BCUT2D eigenvalue weighted by molar-refractivity contribution is -0.119. The Morgan fingerprint density at radius 1 is 1.15 bits per heavy atom. The summed E-state index contributed by atoms with van der Waals surface area (Å²) in [6.07, 6.45) is 1.61. The monoisotopic (exact) mass is 330 g/mol. The summed E-state index contributed by atoms with van der Waals surface area (Å²) in [7, 11) is 0. The first kappa shape index (κ1) is 13.2. The lowest BCUT2D eigenvalue weighted by Gasteiger charge is -2.12. The molecule has 1 amide bonds. The molecule has 1 aliphatic carbocycles. The number of amides is 1. The van der Waals surface area contributed by atoms with Crippen LogP contribution in [0.3, 0.4) is 0 Å². The number of benzene rings is 2. The minimum atomic E-state index is -0.00422. The molecule has 2 aromatic carbocycles. The lowest BCUT2D eigenvalue weighted by Crippen LogP contribution is -2.23. The molecule has 0 unspecified atom stereocenters. The number of carbonyl (C=O) groups is 1. The molecule has 0 heterocycles. The zero-order valence-corrected chi connectivity index (χ0v) is 12.5. The van der Waals surface area contributed by atoms with E-state index in [-0.39, 0.29) is 11.8 Å². The number of anilines is 2. The highest BCUT2D eigenvalue weighted by Gasteiger charge is 2.27. The fraction of sp³-hybridized carbons (Fsp3) is 0.188. The minimum absolute atomic E-state index is 0.00422. The van der Waals surface area contributed by atoms with E-state index in [2.05, 4.69) is 33.4 Å².